The van der Waals surface area contributed by atoms with E-state index in [4.69, 9.17) is 11.6 Å². The van der Waals surface area contributed by atoms with E-state index in [9.17, 15) is 0 Å². The van der Waals surface area contributed by atoms with Crippen molar-refractivity contribution >= 4 is 11.6 Å². The molecule has 0 amide bonds. The molecular formula is C16H23ClN2. The summed E-state index contributed by atoms with van der Waals surface area (Å²) in [5, 5.41) is 4.70. The van der Waals surface area contributed by atoms with Crippen molar-refractivity contribution in [2.75, 3.05) is 13.1 Å². The van der Waals surface area contributed by atoms with Crippen molar-refractivity contribution in [1.82, 2.24) is 10.2 Å². The van der Waals surface area contributed by atoms with Gasteiger partial charge in [-0.15, -0.1) is 0 Å². The normalized spacial score (nSPS) is 26.9. The number of halogens is 1. The highest BCUT2D eigenvalue weighted by Gasteiger charge is 2.39. The van der Waals surface area contributed by atoms with Crippen LogP contribution >= 0.6 is 11.6 Å². The maximum atomic E-state index is 6.30. The van der Waals surface area contributed by atoms with Crippen LogP contribution in [-0.4, -0.2) is 29.6 Å². The Hall–Kier alpha value is -0.570. The van der Waals surface area contributed by atoms with E-state index in [1.165, 1.54) is 37.8 Å². The Morgan fingerprint density at radius 3 is 2.79 bits per heavy atom. The Morgan fingerprint density at radius 2 is 2.05 bits per heavy atom. The fourth-order valence-corrected chi connectivity index (χ4v) is 3.73. The third-order valence-corrected chi connectivity index (χ3v) is 5.16. The first kappa shape index (κ1) is 13.4. The van der Waals surface area contributed by atoms with Crippen molar-refractivity contribution < 1.29 is 0 Å². The summed E-state index contributed by atoms with van der Waals surface area (Å²) < 4.78 is 0. The molecule has 0 aromatic heterocycles. The molecule has 1 aromatic carbocycles. The molecule has 3 heteroatoms. The summed E-state index contributed by atoms with van der Waals surface area (Å²) in [5.74, 6) is 0. The standard InChI is InChI=1S/C16H23ClN2/c1-13-10-18-16(8-4-5-9-16)12-19(13)11-14-6-2-3-7-15(14)17/h2-3,6-7,13,18H,4-5,8-12H2,1H3. The number of nitrogens with zero attached hydrogens (tertiary/aromatic N) is 1. The Balaban J connectivity index is 1.73. The van der Waals surface area contributed by atoms with Crippen LogP contribution in [0.2, 0.25) is 5.02 Å². The molecule has 2 aliphatic rings. The number of rotatable bonds is 2. The lowest BCUT2D eigenvalue weighted by Gasteiger charge is -2.45. The second-order valence-electron chi connectivity index (χ2n) is 6.21. The number of benzene rings is 1. The van der Waals surface area contributed by atoms with E-state index < -0.39 is 0 Å². The van der Waals surface area contributed by atoms with E-state index in [2.05, 4.69) is 29.3 Å². The van der Waals surface area contributed by atoms with Gasteiger partial charge in [-0.05, 0) is 31.4 Å². The molecule has 104 valence electrons. The first-order chi connectivity index (χ1) is 9.19. The Labute approximate surface area is 121 Å². The first-order valence-corrected chi connectivity index (χ1v) is 7.79. The van der Waals surface area contributed by atoms with Crippen molar-refractivity contribution in [2.24, 2.45) is 0 Å². The summed E-state index contributed by atoms with van der Waals surface area (Å²) >= 11 is 6.30. The van der Waals surface area contributed by atoms with Crippen LogP contribution in [0.1, 0.15) is 38.2 Å². The van der Waals surface area contributed by atoms with Crippen molar-refractivity contribution in [1.29, 1.82) is 0 Å². The number of piperazine rings is 1. The summed E-state index contributed by atoms with van der Waals surface area (Å²) in [6, 6.07) is 8.82. The lowest BCUT2D eigenvalue weighted by molar-refractivity contribution is 0.0827. The van der Waals surface area contributed by atoms with Gasteiger partial charge in [0.05, 0.1) is 0 Å². The number of nitrogens with one attached hydrogen (secondary N) is 1. The van der Waals surface area contributed by atoms with E-state index in [0.29, 0.717) is 11.6 Å². The largest absolute Gasteiger partial charge is 0.308 e. The molecule has 1 N–H and O–H groups in total. The maximum absolute atomic E-state index is 6.30. The van der Waals surface area contributed by atoms with Crippen molar-refractivity contribution in [3.8, 4) is 0 Å². The smallest absolute Gasteiger partial charge is 0.0451 e. The molecule has 0 bridgehead atoms. The molecule has 1 spiro atoms. The second-order valence-corrected chi connectivity index (χ2v) is 6.62. The predicted octanol–water partition coefficient (Wildman–Crippen LogP) is 3.45. The monoisotopic (exact) mass is 278 g/mol. The Bertz CT molecular complexity index is 440. The SMILES string of the molecule is CC1CNC2(CCCC2)CN1Cc1ccccc1Cl. The van der Waals surface area contributed by atoms with E-state index >= 15 is 0 Å². The predicted molar refractivity (Wildman–Crippen MR) is 80.5 cm³/mol. The van der Waals surface area contributed by atoms with E-state index in [-0.39, 0.29) is 0 Å². The molecule has 2 fully saturated rings. The first-order valence-electron chi connectivity index (χ1n) is 7.41. The van der Waals surface area contributed by atoms with Crippen LogP contribution < -0.4 is 5.32 Å². The van der Waals surface area contributed by atoms with Crippen LogP contribution in [0, 0.1) is 0 Å². The average molecular weight is 279 g/mol. The van der Waals surface area contributed by atoms with E-state index in [1.807, 2.05) is 12.1 Å². The zero-order chi connectivity index (χ0) is 13.3. The molecule has 1 aliphatic heterocycles. The third-order valence-electron chi connectivity index (χ3n) is 4.79. The summed E-state index contributed by atoms with van der Waals surface area (Å²) in [7, 11) is 0. The van der Waals surface area contributed by atoms with Gasteiger partial charge in [-0.3, -0.25) is 4.90 Å². The minimum Gasteiger partial charge on any atom is -0.308 e. The topological polar surface area (TPSA) is 15.3 Å². The second kappa shape index (κ2) is 5.43. The fraction of sp³-hybridized carbons (Fsp3) is 0.625. The van der Waals surface area contributed by atoms with Crippen LogP contribution in [-0.2, 0) is 6.54 Å². The van der Waals surface area contributed by atoms with Crippen LogP contribution in [0.25, 0.3) is 0 Å². The highest BCUT2D eigenvalue weighted by Crippen LogP contribution is 2.34. The van der Waals surface area contributed by atoms with Crippen molar-refractivity contribution in [3.63, 3.8) is 0 Å². The van der Waals surface area contributed by atoms with Gasteiger partial charge in [-0.25, -0.2) is 0 Å². The zero-order valence-corrected chi connectivity index (χ0v) is 12.4. The van der Waals surface area contributed by atoms with Gasteiger partial charge in [-0.2, -0.15) is 0 Å². The summed E-state index contributed by atoms with van der Waals surface area (Å²) in [6.45, 7) is 5.56. The molecule has 1 aliphatic carbocycles. The van der Waals surface area contributed by atoms with Gasteiger partial charge in [0.2, 0.25) is 0 Å². The molecule has 1 saturated heterocycles. The van der Waals surface area contributed by atoms with Gasteiger partial charge in [-0.1, -0.05) is 42.6 Å². The molecule has 19 heavy (non-hydrogen) atoms. The number of hydrogen-bond acceptors (Lipinski definition) is 2. The summed E-state index contributed by atoms with van der Waals surface area (Å²) in [5.41, 5.74) is 1.64. The molecule has 1 aromatic rings. The van der Waals surface area contributed by atoms with Gasteiger partial charge in [0.1, 0.15) is 0 Å². The van der Waals surface area contributed by atoms with Gasteiger partial charge in [0.15, 0.2) is 0 Å². The minimum absolute atomic E-state index is 0.383. The van der Waals surface area contributed by atoms with Gasteiger partial charge >= 0.3 is 0 Å². The van der Waals surface area contributed by atoms with Crippen LogP contribution in [0.4, 0.5) is 0 Å². The molecule has 1 unspecified atom stereocenters. The van der Waals surface area contributed by atoms with Crippen LogP contribution in [0.3, 0.4) is 0 Å². The molecule has 3 rings (SSSR count). The third kappa shape index (κ3) is 2.81. The Kier molecular flexibility index (Phi) is 3.84. The zero-order valence-electron chi connectivity index (χ0n) is 11.7. The molecule has 1 heterocycles. The molecule has 2 nitrogen and oxygen atoms in total. The highest BCUT2D eigenvalue weighted by molar-refractivity contribution is 6.31. The molecular weight excluding hydrogens is 256 g/mol. The van der Waals surface area contributed by atoms with Crippen molar-refractivity contribution in [2.45, 2.75) is 50.7 Å². The van der Waals surface area contributed by atoms with Gasteiger partial charge in [0, 0.05) is 36.2 Å². The molecule has 1 atom stereocenters. The number of hydrogen-bond donors (Lipinski definition) is 1. The lowest BCUT2D eigenvalue weighted by Crippen LogP contribution is -2.62. The highest BCUT2D eigenvalue weighted by atomic mass is 35.5. The average Bonchev–Trinajstić information content (AvgIpc) is 2.85. The van der Waals surface area contributed by atoms with Gasteiger partial charge in [0.25, 0.3) is 0 Å². The van der Waals surface area contributed by atoms with Crippen LogP contribution in [0.5, 0.6) is 0 Å². The minimum atomic E-state index is 0.383. The molecule has 0 radical (unpaired) electrons. The lowest BCUT2D eigenvalue weighted by atomic mass is 9.92. The van der Waals surface area contributed by atoms with Crippen LogP contribution in [0.15, 0.2) is 24.3 Å². The van der Waals surface area contributed by atoms with Gasteiger partial charge < -0.3 is 5.32 Å². The summed E-state index contributed by atoms with van der Waals surface area (Å²) in [6.07, 6.45) is 5.42. The quantitative estimate of drug-likeness (QED) is 0.891. The maximum Gasteiger partial charge on any atom is 0.0451 e. The summed E-state index contributed by atoms with van der Waals surface area (Å²) in [4.78, 5) is 2.60. The van der Waals surface area contributed by atoms with E-state index in [1.54, 1.807) is 0 Å². The Morgan fingerprint density at radius 1 is 1.32 bits per heavy atom. The van der Waals surface area contributed by atoms with E-state index in [0.717, 1.165) is 18.1 Å². The molecule has 1 saturated carbocycles. The van der Waals surface area contributed by atoms with Crippen molar-refractivity contribution in [3.05, 3.63) is 34.9 Å². The fourth-order valence-electron chi connectivity index (χ4n) is 3.54.